The summed E-state index contributed by atoms with van der Waals surface area (Å²) >= 11 is 0. The van der Waals surface area contributed by atoms with Crippen molar-refractivity contribution in [3.63, 3.8) is 0 Å². The lowest BCUT2D eigenvalue weighted by Gasteiger charge is -2.33. The second-order valence-electron chi connectivity index (χ2n) is 7.73. The van der Waals surface area contributed by atoms with Gasteiger partial charge in [0.15, 0.2) is 0 Å². The van der Waals surface area contributed by atoms with Crippen LogP contribution in [0.4, 0.5) is 5.69 Å². The summed E-state index contributed by atoms with van der Waals surface area (Å²) in [6.45, 7) is 8.91. The zero-order chi connectivity index (χ0) is 20.3. The highest BCUT2D eigenvalue weighted by molar-refractivity contribution is 7.89. The first-order chi connectivity index (χ1) is 13.3. The van der Waals surface area contributed by atoms with Gasteiger partial charge in [0, 0.05) is 38.3 Å². The van der Waals surface area contributed by atoms with E-state index in [9.17, 15) is 18.5 Å². The van der Waals surface area contributed by atoms with Crippen LogP contribution in [0.3, 0.4) is 0 Å². The van der Waals surface area contributed by atoms with Gasteiger partial charge in [-0.25, -0.2) is 8.42 Å². The zero-order valence-corrected chi connectivity index (χ0v) is 17.4. The van der Waals surface area contributed by atoms with Crippen molar-refractivity contribution in [3.8, 4) is 0 Å². The highest BCUT2D eigenvalue weighted by Gasteiger charge is 2.32. The fraction of sp³-hybridized carbons (Fsp3) is 0.684. The van der Waals surface area contributed by atoms with E-state index in [4.69, 9.17) is 4.74 Å². The first-order valence-electron chi connectivity index (χ1n) is 9.85. The molecule has 0 atom stereocenters. The summed E-state index contributed by atoms with van der Waals surface area (Å²) in [6.07, 6.45) is 2.73. The molecule has 0 N–H and O–H groups in total. The van der Waals surface area contributed by atoms with Gasteiger partial charge < -0.3 is 4.74 Å². The number of hydrogen-bond acceptors (Lipinski definition) is 6. The lowest BCUT2D eigenvalue weighted by atomic mass is 9.94. The number of ether oxygens (including phenoxy) is 1. The van der Waals surface area contributed by atoms with E-state index in [1.54, 1.807) is 13.8 Å². The van der Waals surface area contributed by atoms with Crippen LogP contribution in [0.15, 0.2) is 17.0 Å². The highest BCUT2D eigenvalue weighted by Crippen LogP contribution is 2.31. The number of morpholine rings is 1. The molecule has 1 aromatic rings. The summed E-state index contributed by atoms with van der Waals surface area (Å²) in [5.41, 5.74) is 1.02. The Morgan fingerprint density at radius 1 is 1.14 bits per heavy atom. The molecule has 0 aromatic heterocycles. The van der Waals surface area contributed by atoms with Gasteiger partial charge in [0.2, 0.25) is 10.0 Å². The molecule has 28 heavy (non-hydrogen) atoms. The maximum atomic E-state index is 13.1. The predicted octanol–water partition coefficient (Wildman–Crippen LogP) is 2.33. The van der Waals surface area contributed by atoms with Crippen LogP contribution in [0, 0.1) is 29.9 Å². The van der Waals surface area contributed by atoms with Gasteiger partial charge in [-0.05, 0) is 56.7 Å². The molecule has 2 aliphatic rings. The Morgan fingerprint density at radius 2 is 1.79 bits per heavy atom. The van der Waals surface area contributed by atoms with E-state index < -0.39 is 14.9 Å². The van der Waals surface area contributed by atoms with Crippen molar-refractivity contribution in [1.29, 1.82) is 0 Å². The standard InChI is InChI=1S/C19H29N3O5S/c1-15-13-18(22(23)24)14-19(16(15)2)28(25,26)21-7-4-17(5-8-21)3-6-20-9-11-27-12-10-20/h13-14,17H,3-12H2,1-2H3. The lowest BCUT2D eigenvalue weighted by molar-refractivity contribution is -0.385. The number of nitro groups is 1. The van der Waals surface area contributed by atoms with E-state index in [0.29, 0.717) is 30.1 Å². The number of nitrogens with zero attached hydrogens (tertiary/aromatic N) is 3. The van der Waals surface area contributed by atoms with Crippen LogP contribution < -0.4 is 0 Å². The van der Waals surface area contributed by atoms with Crippen molar-refractivity contribution in [2.45, 2.75) is 38.0 Å². The van der Waals surface area contributed by atoms with Gasteiger partial charge in [0.05, 0.1) is 23.0 Å². The molecule has 2 aliphatic heterocycles. The minimum Gasteiger partial charge on any atom is -0.379 e. The molecular formula is C19H29N3O5S. The van der Waals surface area contributed by atoms with Crippen molar-refractivity contribution in [2.75, 3.05) is 45.9 Å². The summed E-state index contributed by atoms with van der Waals surface area (Å²) in [5.74, 6) is 0.516. The minimum absolute atomic E-state index is 0.0611. The molecule has 3 rings (SSSR count). The zero-order valence-electron chi connectivity index (χ0n) is 16.6. The van der Waals surface area contributed by atoms with Gasteiger partial charge in [-0.3, -0.25) is 15.0 Å². The molecule has 0 unspecified atom stereocenters. The van der Waals surface area contributed by atoms with Gasteiger partial charge in [-0.15, -0.1) is 0 Å². The summed E-state index contributed by atoms with van der Waals surface area (Å²) in [5, 5.41) is 11.2. The minimum atomic E-state index is -3.73. The van der Waals surface area contributed by atoms with Gasteiger partial charge >= 0.3 is 0 Å². The van der Waals surface area contributed by atoms with Crippen LogP contribution in [0.1, 0.15) is 30.4 Å². The number of nitro benzene ring substituents is 1. The molecule has 156 valence electrons. The van der Waals surface area contributed by atoms with Crippen LogP contribution in [-0.4, -0.2) is 68.5 Å². The molecule has 0 aliphatic carbocycles. The van der Waals surface area contributed by atoms with Crippen LogP contribution in [0.2, 0.25) is 0 Å². The third kappa shape index (κ3) is 4.71. The van der Waals surface area contributed by atoms with Crippen LogP contribution in [0.5, 0.6) is 0 Å². The van der Waals surface area contributed by atoms with E-state index >= 15 is 0 Å². The van der Waals surface area contributed by atoms with Crippen molar-refractivity contribution in [1.82, 2.24) is 9.21 Å². The Morgan fingerprint density at radius 3 is 2.39 bits per heavy atom. The maximum absolute atomic E-state index is 13.1. The van der Waals surface area contributed by atoms with Crippen LogP contribution in [0.25, 0.3) is 0 Å². The van der Waals surface area contributed by atoms with Gasteiger partial charge in [0.1, 0.15) is 0 Å². The van der Waals surface area contributed by atoms with E-state index in [1.807, 2.05) is 0 Å². The Labute approximate surface area is 166 Å². The molecule has 2 fully saturated rings. The second-order valence-corrected chi connectivity index (χ2v) is 9.64. The summed E-state index contributed by atoms with van der Waals surface area (Å²) in [6, 6.07) is 2.62. The number of aryl methyl sites for hydroxylation is 1. The molecule has 0 amide bonds. The molecule has 8 nitrogen and oxygen atoms in total. The number of rotatable bonds is 6. The van der Waals surface area contributed by atoms with E-state index in [1.165, 1.54) is 16.4 Å². The van der Waals surface area contributed by atoms with Gasteiger partial charge in [0.25, 0.3) is 5.69 Å². The molecule has 0 radical (unpaired) electrons. The molecule has 2 saturated heterocycles. The molecule has 0 spiro atoms. The molecule has 1 aromatic carbocycles. The summed E-state index contributed by atoms with van der Waals surface area (Å²) < 4.78 is 33.1. The largest absolute Gasteiger partial charge is 0.379 e. The third-order valence-corrected chi connectivity index (χ3v) is 7.99. The molecular weight excluding hydrogens is 382 g/mol. The topological polar surface area (TPSA) is 93.0 Å². The number of non-ortho nitro benzene ring substituents is 1. The SMILES string of the molecule is Cc1cc([N+](=O)[O-])cc(S(=O)(=O)N2CCC(CCN3CCOCC3)CC2)c1C. The number of sulfonamides is 1. The van der Waals surface area contributed by atoms with Crippen molar-refractivity contribution >= 4 is 15.7 Å². The first-order valence-corrected chi connectivity index (χ1v) is 11.3. The lowest BCUT2D eigenvalue weighted by Crippen LogP contribution is -2.41. The Bertz CT molecular complexity index is 813. The smallest absolute Gasteiger partial charge is 0.271 e. The quantitative estimate of drug-likeness (QED) is 0.527. The highest BCUT2D eigenvalue weighted by atomic mass is 32.2. The molecule has 2 heterocycles. The van der Waals surface area contributed by atoms with Crippen molar-refractivity contribution in [2.24, 2.45) is 5.92 Å². The third-order valence-electron chi connectivity index (χ3n) is 5.96. The number of hydrogen-bond donors (Lipinski definition) is 0. The average molecular weight is 412 g/mol. The molecule has 0 bridgehead atoms. The van der Waals surface area contributed by atoms with E-state index in [2.05, 4.69) is 4.90 Å². The fourth-order valence-electron chi connectivity index (χ4n) is 3.95. The second kappa shape index (κ2) is 8.86. The maximum Gasteiger partial charge on any atom is 0.271 e. The Kier molecular flexibility index (Phi) is 6.69. The van der Waals surface area contributed by atoms with Gasteiger partial charge in [-0.2, -0.15) is 4.31 Å². The van der Waals surface area contributed by atoms with E-state index in [-0.39, 0.29) is 10.6 Å². The molecule has 9 heteroatoms. The van der Waals surface area contributed by atoms with E-state index in [0.717, 1.165) is 52.1 Å². The normalized spacial score (nSPS) is 20.4. The van der Waals surface area contributed by atoms with Gasteiger partial charge in [-0.1, -0.05) is 0 Å². The fourth-order valence-corrected chi connectivity index (χ4v) is 5.74. The average Bonchev–Trinajstić information content (AvgIpc) is 2.69. The first kappa shape index (κ1) is 21.2. The van der Waals surface area contributed by atoms with Crippen molar-refractivity contribution < 1.29 is 18.1 Å². The predicted molar refractivity (Wildman–Crippen MR) is 106 cm³/mol. The molecule has 0 saturated carbocycles. The van der Waals surface area contributed by atoms with Crippen LogP contribution >= 0.6 is 0 Å². The Hall–Kier alpha value is -1.55. The summed E-state index contributed by atoms with van der Waals surface area (Å²) in [7, 11) is -3.73. The Balaban J connectivity index is 1.64. The van der Waals surface area contributed by atoms with Crippen molar-refractivity contribution in [3.05, 3.63) is 33.4 Å². The number of benzene rings is 1. The summed E-state index contributed by atoms with van der Waals surface area (Å²) in [4.78, 5) is 13.1. The van der Waals surface area contributed by atoms with Crippen LogP contribution in [-0.2, 0) is 14.8 Å². The number of piperidine rings is 1. The monoisotopic (exact) mass is 411 g/mol.